The summed E-state index contributed by atoms with van der Waals surface area (Å²) in [6.45, 7) is 2.22. The Morgan fingerprint density at radius 1 is 1.07 bits per heavy atom. The fraction of sp³-hybridized carbons (Fsp3) is 0.200. The molecule has 2 amide bonds. The van der Waals surface area contributed by atoms with Crippen LogP contribution >= 0.6 is 23.4 Å². The van der Waals surface area contributed by atoms with E-state index in [1.807, 2.05) is 31.2 Å². The number of imide groups is 1. The summed E-state index contributed by atoms with van der Waals surface area (Å²) in [5.74, 6) is 0.649. The summed E-state index contributed by atoms with van der Waals surface area (Å²) in [6.07, 6.45) is 1.60. The zero-order chi connectivity index (χ0) is 19.6. The standard InChI is InChI=1S/C20H18ClNO4S/c1-12-4-6-13(7-5-12)11-22-19(23)18(27-20(22)24)9-14-8-16(25-2)17(26-3)10-15(14)21/h4-10H,11H2,1-3H3/b18-9-. The molecule has 2 aromatic rings. The fourth-order valence-electron chi connectivity index (χ4n) is 2.63. The summed E-state index contributed by atoms with van der Waals surface area (Å²) in [5.41, 5.74) is 2.60. The van der Waals surface area contributed by atoms with Crippen molar-refractivity contribution in [2.45, 2.75) is 13.5 Å². The molecule has 0 spiro atoms. The Hall–Kier alpha value is -2.44. The number of methoxy groups -OCH3 is 2. The molecule has 7 heteroatoms. The van der Waals surface area contributed by atoms with Crippen molar-refractivity contribution in [3.05, 3.63) is 63.0 Å². The zero-order valence-corrected chi connectivity index (χ0v) is 16.7. The molecular weight excluding hydrogens is 386 g/mol. The number of aryl methyl sites for hydroxylation is 1. The van der Waals surface area contributed by atoms with Gasteiger partial charge in [0.25, 0.3) is 11.1 Å². The summed E-state index contributed by atoms with van der Waals surface area (Å²) < 4.78 is 10.5. The molecular formula is C20H18ClNO4S. The largest absolute Gasteiger partial charge is 0.493 e. The van der Waals surface area contributed by atoms with Gasteiger partial charge >= 0.3 is 0 Å². The van der Waals surface area contributed by atoms with Crippen LogP contribution in [-0.2, 0) is 11.3 Å². The number of ether oxygens (including phenoxy) is 2. The van der Waals surface area contributed by atoms with Crippen LogP contribution in [0.4, 0.5) is 4.79 Å². The molecule has 27 heavy (non-hydrogen) atoms. The van der Waals surface area contributed by atoms with Gasteiger partial charge in [-0.1, -0.05) is 41.4 Å². The van der Waals surface area contributed by atoms with Crippen molar-refractivity contribution < 1.29 is 19.1 Å². The topological polar surface area (TPSA) is 55.8 Å². The van der Waals surface area contributed by atoms with E-state index in [0.717, 1.165) is 22.9 Å². The van der Waals surface area contributed by atoms with Gasteiger partial charge in [0.15, 0.2) is 11.5 Å². The first kappa shape index (κ1) is 19.3. The number of carbonyl (C=O) groups excluding carboxylic acids is 2. The quantitative estimate of drug-likeness (QED) is 0.664. The molecule has 0 saturated carbocycles. The molecule has 1 aliphatic rings. The highest BCUT2D eigenvalue weighted by Gasteiger charge is 2.35. The number of halogens is 1. The molecule has 5 nitrogen and oxygen atoms in total. The molecule has 1 fully saturated rings. The fourth-order valence-corrected chi connectivity index (χ4v) is 3.67. The lowest BCUT2D eigenvalue weighted by Gasteiger charge is -2.12. The lowest BCUT2D eigenvalue weighted by molar-refractivity contribution is -0.123. The minimum Gasteiger partial charge on any atom is -0.493 e. The van der Waals surface area contributed by atoms with E-state index in [1.54, 1.807) is 18.2 Å². The van der Waals surface area contributed by atoms with Crippen LogP contribution in [0.3, 0.4) is 0 Å². The molecule has 1 heterocycles. The van der Waals surface area contributed by atoms with Crippen molar-refractivity contribution in [1.29, 1.82) is 0 Å². The van der Waals surface area contributed by atoms with Crippen molar-refractivity contribution in [3.63, 3.8) is 0 Å². The van der Waals surface area contributed by atoms with Crippen molar-refractivity contribution in [1.82, 2.24) is 4.90 Å². The molecule has 1 saturated heterocycles. The molecule has 1 aliphatic heterocycles. The van der Waals surface area contributed by atoms with Gasteiger partial charge in [-0.3, -0.25) is 14.5 Å². The lowest BCUT2D eigenvalue weighted by atomic mass is 10.1. The van der Waals surface area contributed by atoms with Crippen LogP contribution in [-0.4, -0.2) is 30.3 Å². The van der Waals surface area contributed by atoms with Crippen molar-refractivity contribution in [2.75, 3.05) is 14.2 Å². The van der Waals surface area contributed by atoms with Crippen LogP contribution in [0.15, 0.2) is 41.3 Å². The van der Waals surface area contributed by atoms with Gasteiger partial charge in [-0.2, -0.15) is 0 Å². The number of thioether (sulfide) groups is 1. The first-order chi connectivity index (χ1) is 12.9. The third kappa shape index (κ3) is 4.12. The summed E-state index contributed by atoms with van der Waals surface area (Å²) in [5, 5.41) is 0.0985. The van der Waals surface area contributed by atoms with E-state index in [-0.39, 0.29) is 17.7 Å². The van der Waals surface area contributed by atoms with Gasteiger partial charge in [-0.15, -0.1) is 0 Å². The maximum absolute atomic E-state index is 12.7. The molecule has 0 N–H and O–H groups in total. The highest BCUT2D eigenvalue weighted by atomic mass is 35.5. The third-order valence-corrected chi connectivity index (χ3v) is 5.36. The van der Waals surface area contributed by atoms with E-state index in [9.17, 15) is 9.59 Å². The minimum absolute atomic E-state index is 0.238. The summed E-state index contributed by atoms with van der Waals surface area (Å²) >= 11 is 7.18. The molecule has 0 radical (unpaired) electrons. The van der Waals surface area contributed by atoms with E-state index in [1.165, 1.54) is 19.1 Å². The number of benzene rings is 2. The Balaban J connectivity index is 1.87. The average Bonchev–Trinajstić information content (AvgIpc) is 2.92. The molecule has 0 atom stereocenters. The smallest absolute Gasteiger partial charge is 0.293 e. The highest BCUT2D eigenvalue weighted by Crippen LogP contribution is 2.38. The number of hydrogen-bond donors (Lipinski definition) is 0. The maximum atomic E-state index is 12.7. The summed E-state index contributed by atoms with van der Waals surface area (Å²) in [6, 6.07) is 11.0. The zero-order valence-electron chi connectivity index (χ0n) is 15.1. The first-order valence-electron chi connectivity index (χ1n) is 8.15. The molecule has 2 aromatic carbocycles. The van der Waals surface area contributed by atoms with Gasteiger partial charge in [0.05, 0.1) is 30.7 Å². The Kier molecular flexibility index (Phi) is 5.77. The Morgan fingerprint density at radius 2 is 1.70 bits per heavy atom. The van der Waals surface area contributed by atoms with Gasteiger partial charge in [0, 0.05) is 6.07 Å². The second-order valence-corrected chi connectivity index (χ2v) is 7.38. The molecule has 0 unspecified atom stereocenters. The Morgan fingerprint density at radius 3 is 2.33 bits per heavy atom. The second-order valence-electron chi connectivity index (χ2n) is 5.98. The lowest BCUT2D eigenvalue weighted by Crippen LogP contribution is -2.27. The molecule has 140 valence electrons. The predicted molar refractivity (Wildman–Crippen MR) is 107 cm³/mol. The predicted octanol–water partition coefficient (Wildman–Crippen LogP) is 4.90. The van der Waals surface area contributed by atoms with Crippen LogP contribution in [0.1, 0.15) is 16.7 Å². The van der Waals surface area contributed by atoms with Crippen LogP contribution in [0.25, 0.3) is 6.08 Å². The van der Waals surface area contributed by atoms with Gasteiger partial charge < -0.3 is 9.47 Å². The van der Waals surface area contributed by atoms with Crippen LogP contribution < -0.4 is 9.47 Å². The van der Waals surface area contributed by atoms with Crippen LogP contribution in [0.5, 0.6) is 11.5 Å². The van der Waals surface area contributed by atoms with E-state index < -0.39 is 0 Å². The van der Waals surface area contributed by atoms with Crippen molar-refractivity contribution >= 4 is 40.6 Å². The van der Waals surface area contributed by atoms with E-state index in [2.05, 4.69) is 0 Å². The van der Waals surface area contributed by atoms with Crippen LogP contribution in [0, 0.1) is 6.92 Å². The average molecular weight is 404 g/mol. The Bertz CT molecular complexity index is 924. The van der Waals surface area contributed by atoms with Gasteiger partial charge in [-0.25, -0.2) is 0 Å². The number of amides is 2. The number of rotatable bonds is 5. The third-order valence-electron chi connectivity index (χ3n) is 4.12. The molecule has 0 aliphatic carbocycles. The molecule has 0 bridgehead atoms. The highest BCUT2D eigenvalue weighted by molar-refractivity contribution is 8.18. The first-order valence-corrected chi connectivity index (χ1v) is 9.35. The second kappa shape index (κ2) is 8.06. The number of carbonyl (C=O) groups is 2. The molecule has 0 aromatic heterocycles. The van der Waals surface area contributed by atoms with Crippen molar-refractivity contribution in [3.8, 4) is 11.5 Å². The Labute approximate surface area is 166 Å². The molecule has 3 rings (SSSR count). The van der Waals surface area contributed by atoms with E-state index in [4.69, 9.17) is 21.1 Å². The summed E-state index contributed by atoms with van der Waals surface area (Å²) in [4.78, 5) is 26.6. The SMILES string of the molecule is COc1cc(Cl)c(/C=C2\SC(=O)N(Cc3ccc(C)cc3)C2=O)cc1OC. The number of hydrogen-bond acceptors (Lipinski definition) is 5. The van der Waals surface area contributed by atoms with Crippen molar-refractivity contribution in [2.24, 2.45) is 0 Å². The maximum Gasteiger partial charge on any atom is 0.293 e. The summed E-state index contributed by atoms with van der Waals surface area (Å²) in [7, 11) is 3.04. The van der Waals surface area contributed by atoms with Gasteiger partial charge in [-0.05, 0) is 42.0 Å². The van der Waals surface area contributed by atoms with Gasteiger partial charge in [0.1, 0.15) is 0 Å². The van der Waals surface area contributed by atoms with E-state index in [0.29, 0.717) is 27.0 Å². The van der Waals surface area contributed by atoms with Gasteiger partial charge in [0.2, 0.25) is 0 Å². The monoisotopic (exact) mass is 403 g/mol. The normalized spacial score (nSPS) is 15.6. The van der Waals surface area contributed by atoms with Crippen LogP contribution in [0.2, 0.25) is 5.02 Å². The minimum atomic E-state index is -0.337. The number of nitrogens with zero attached hydrogens (tertiary/aromatic N) is 1. The van der Waals surface area contributed by atoms with E-state index >= 15 is 0 Å².